The molecule has 2 amide bonds. The molecule has 0 aliphatic carbocycles. The van der Waals surface area contributed by atoms with E-state index in [9.17, 15) is 23.9 Å². The lowest BCUT2D eigenvalue weighted by molar-refractivity contribution is -0.0271. The van der Waals surface area contributed by atoms with Crippen LogP contribution in [0.1, 0.15) is 45.4 Å². The number of carbonyl (C=O) groups is 2. The molecule has 1 fully saturated rings. The number of para-hydroxylation sites is 1. The fourth-order valence-corrected chi connectivity index (χ4v) is 8.76. The van der Waals surface area contributed by atoms with Gasteiger partial charge in [0.2, 0.25) is 0 Å². The number of nitrogens with two attached hydrogens (primary N) is 1. The molecular formula is C40H40F2N10O5S. The third kappa shape index (κ3) is 7.48. The average molecular weight is 811 g/mol. The summed E-state index contributed by atoms with van der Waals surface area (Å²) in [6, 6.07) is 17.7. The number of aliphatic hydroxyl groups is 1. The Balaban J connectivity index is 1.10. The molecule has 8 rings (SSSR count). The van der Waals surface area contributed by atoms with E-state index < -0.39 is 34.6 Å². The van der Waals surface area contributed by atoms with Crippen LogP contribution in [0.3, 0.4) is 0 Å². The Labute approximate surface area is 334 Å². The molecular weight excluding hydrogens is 771 g/mol. The highest BCUT2D eigenvalue weighted by atomic mass is 32.1. The van der Waals surface area contributed by atoms with Crippen molar-refractivity contribution in [3.63, 3.8) is 0 Å². The number of benzene rings is 3. The number of halogens is 2. The summed E-state index contributed by atoms with van der Waals surface area (Å²) in [5, 5.41) is 21.8. The molecule has 2 aliphatic heterocycles. The lowest BCUT2D eigenvalue weighted by Crippen LogP contribution is -2.50. The molecule has 0 radical (unpaired) electrons. The van der Waals surface area contributed by atoms with Crippen molar-refractivity contribution >= 4 is 50.7 Å². The number of amides is 2. The van der Waals surface area contributed by atoms with Crippen LogP contribution < -0.4 is 31.6 Å². The summed E-state index contributed by atoms with van der Waals surface area (Å²) in [4.78, 5) is 54.6. The minimum absolute atomic E-state index is 0.0131. The summed E-state index contributed by atoms with van der Waals surface area (Å²) in [7, 11) is 0. The van der Waals surface area contributed by atoms with Gasteiger partial charge in [0.25, 0.3) is 17.4 Å². The monoisotopic (exact) mass is 810 g/mol. The Bertz CT molecular complexity index is 2540. The van der Waals surface area contributed by atoms with Gasteiger partial charge in [0, 0.05) is 49.5 Å². The number of thiophene rings is 1. The van der Waals surface area contributed by atoms with Crippen molar-refractivity contribution in [2.45, 2.75) is 38.0 Å². The van der Waals surface area contributed by atoms with Crippen LogP contribution in [0.15, 0.2) is 84.2 Å². The third-order valence-electron chi connectivity index (χ3n) is 10.4. The second-order valence-corrected chi connectivity index (χ2v) is 15.2. The number of nitrogen functional groups attached to an aromatic ring is 1. The number of likely N-dealkylation sites (tertiary alicyclic amines) is 1. The quantitative estimate of drug-likeness (QED) is 0.149. The molecule has 0 spiro atoms. The Morgan fingerprint density at radius 3 is 2.53 bits per heavy atom. The van der Waals surface area contributed by atoms with Gasteiger partial charge in [-0.1, -0.05) is 24.3 Å². The second-order valence-electron chi connectivity index (χ2n) is 14.2. The number of piperidine rings is 1. The first kappa shape index (κ1) is 38.6. The smallest absolute Gasteiger partial charge is 0.298 e. The summed E-state index contributed by atoms with van der Waals surface area (Å²) in [5.74, 6) is -2.41. The van der Waals surface area contributed by atoms with Gasteiger partial charge in [0.1, 0.15) is 52.0 Å². The Hall–Kier alpha value is -6.24. The predicted molar refractivity (Wildman–Crippen MR) is 214 cm³/mol. The van der Waals surface area contributed by atoms with Crippen LogP contribution in [0, 0.1) is 11.6 Å². The first-order valence-corrected chi connectivity index (χ1v) is 19.6. The zero-order chi connectivity index (χ0) is 40.6. The molecule has 6 aromatic rings. The summed E-state index contributed by atoms with van der Waals surface area (Å²) < 4.78 is 37.6. The second kappa shape index (κ2) is 16.0. The van der Waals surface area contributed by atoms with Gasteiger partial charge in [-0.05, 0) is 56.2 Å². The largest absolute Gasteiger partial charge is 0.490 e. The maximum atomic E-state index is 15.1. The van der Waals surface area contributed by atoms with E-state index in [2.05, 4.69) is 30.6 Å². The van der Waals surface area contributed by atoms with Gasteiger partial charge >= 0.3 is 0 Å². The number of hydrogen-bond acceptors (Lipinski definition) is 12. The van der Waals surface area contributed by atoms with Crippen molar-refractivity contribution in [2.75, 3.05) is 50.0 Å². The SMILES string of the molecule is CCNC(=O)c1sc2nc(N)c(=O)n(-c3ccc4c(c3)N(c3ccccc3)CCO4)c2c1C(=O)NC1CCN(CC(O)(Cn2cncn2)c2ccc(F)cc2F)CC1. The van der Waals surface area contributed by atoms with Crippen molar-refractivity contribution in [2.24, 2.45) is 0 Å². The normalized spacial score (nSPS) is 15.8. The molecule has 5 heterocycles. The molecule has 0 saturated carbocycles. The van der Waals surface area contributed by atoms with Crippen molar-refractivity contribution in [3.8, 4) is 11.4 Å². The Morgan fingerprint density at radius 1 is 1.02 bits per heavy atom. The number of anilines is 3. The first-order chi connectivity index (χ1) is 28.0. The first-order valence-electron chi connectivity index (χ1n) is 18.8. The standard InChI is InChI=1S/C40H40F2N10O5S/c1-2-45-37(54)34-32(36(53)47-25-12-14-49(15-13-25)20-40(56,21-50-23-44-22-46-50)28-10-8-24(41)18-29(28)42)33-38(58-34)48-35(43)39(55)52(33)27-9-11-31-30(19-27)51(16-17-57-31)26-6-4-3-5-7-26/h3-11,18-19,22-23,25,56H,2,12-17,20-21H2,1H3,(H2,43,48)(H,45,54)(H,47,53). The van der Waals surface area contributed by atoms with Gasteiger partial charge in [-0.2, -0.15) is 5.10 Å². The maximum Gasteiger partial charge on any atom is 0.298 e. The van der Waals surface area contributed by atoms with Gasteiger partial charge in [0.05, 0.1) is 35.5 Å². The highest BCUT2D eigenvalue weighted by Gasteiger charge is 2.37. The number of nitrogens with one attached hydrogen (secondary N) is 2. The van der Waals surface area contributed by atoms with Gasteiger partial charge < -0.3 is 31.1 Å². The van der Waals surface area contributed by atoms with E-state index in [1.54, 1.807) is 25.1 Å². The van der Waals surface area contributed by atoms with Crippen LogP contribution in [-0.2, 0) is 12.1 Å². The molecule has 3 aromatic heterocycles. The molecule has 1 saturated heterocycles. The molecule has 2 aliphatic rings. The van der Waals surface area contributed by atoms with E-state index in [0.717, 1.165) is 29.2 Å². The van der Waals surface area contributed by atoms with Crippen LogP contribution in [0.25, 0.3) is 16.0 Å². The Morgan fingerprint density at radius 2 is 1.81 bits per heavy atom. The average Bonchev–Trinajstić information content (AvgIpc) is 3.87. The zero-order valence-corrected chi connectivity index (χ0v) is 32.2. The van der Waals surface area contributed by atoms with Crippen LogP contribution in [0.4, 0.5) is 26.0 Å². The molecule has 1 unspecified atom stereocenters. The van der Waals surface area contributed by atoms with E-state index in [-0.39, 0.29) is 51.3 Å². The molecule has 18 heteroatoms. The van der Waals surface area contributed by atoms with E-state index in [4.69, 9.17) is 10.5 Å². The molecule has 1 atom stereocenters. The molecule has 58 heavy (non-hydrogen) atoms. The highest BCUT2D eigenvalue weighted by molar-refractivity contribution is 7.20. The third-order valence-corrected chi connectivity index (χ3v) is 11.4. The number of β-amino-alcohol motifs (C(OH)–C–C–N with tert-alkyl or cyclic N) is 1. The number of rotatable bonds is 11. The van der Waals surface area contributed by atoms with E-state index in [1.807, 2.05) is 35.2 Å². The zero-order valence-electron chi connectivity index (χ0n) is 31.4. The fraction of sp³-hybridized carbons (Fsp3) is 0.300. The number of carbonyl (C=O) groups excluding carboxylic acids is 2. The van der Waals surface area contributed by atoms with Crippen LogP contribution in [0.2, 0.25) is 0 Å². The minimum atomic E-state index is -1.79. The highest BCUT2D eigenvalue weighted by Crippen LogP contribution is 2.39. The van der Waals surface area contributed by atoms with Crippen LogP contribution >= 0.6 is 11.3 Å². The van der Waals surface area contributed by atoms with E-state index in [1.165, 1.54) is 28.0 Å². The number of fused-ring (bicyclic) bond motifs is 2. The molecule has 0 bridgehead atoms. The van der Waals surface area contributed by atoms with E-state index in [0.29, 0.717) is 62.8 Å². The topological polar surface area (TPSA) is 186 Å². The molecule has 5 N–H and O–H groups in total. The van der Waals surface area contributed by atoms with Gasteiger partial charge in [0.15, 0.2) is 5.82 Å². The Kier molecular flexibility index (Phi) is 10.6. The minimum Gasteiger partial charge on any atom is -0.490 e. The van der Waals surface area contributed by atoms with E-state index >= 15 is 4.39 Å². The van der Waals surface area contributed by atoms with Crippen molar-refractivity contribution in [1.29, 1.82) is 0 Å². The molecule has 3 aromatic carbocycles. The molecule has 15 nitrogen and oxygen atoms in total. The van der Waals surface area contributed by atoms with Crippen LogP contribution in [-0.4, -0.2) is 91.5 Å². The molecule has 300 valence electrons. The van der Waals surface area contributed by atoms with Gasteiger partial charge in [-0.25, -0.2) is 23.4 Å². The van der Waals surface area contributed by atoms with Gasteiger partial charge in [-0.15, -0.1) is 11.3 Å². The summed E-state index contributed by atoms with van der Waals surface area (Å²) >= 11 is 0.968. The number of ether oxygens (including phenoxy) is 1. The van der Waals surface area contributed by atoms with Crippen molar-refractivity contribution in [1.82, 2.24) is 39.8 Å². The van der Waals surface area contributed by atoms with Crippen molar-refractivity contribution in [3.05, 3.63) is 117 Å². The summed E-state index contributed by atoms with van der Waals surface area (Å²) in [6.45, 7) is 3.71. The maximum absolute atomic E-state index is 15.1. The summed E-state index contributed by atoms with van der Waals surface area (Å²) in [6.07, 6.45) is 3.58. The lowest BCUT2D eigenvalue weighted by Gasteiger charge is -2.38. The number of nitrogens with zero attached hydrogens (tertiary/aromatic N) is 7. The van der Waals surface area contributed by atoms with Gasteiger partial charge in [-0.3, -0.25) is 23.9 Å². The van der Waals surface area contributed by atoms with Crippen LogP contribution in [0.5, 0.6) is 5.75 Å². The van der Waals surface area contributed by atoms with Crippen molar-refractivity contribution < 1.29 is 28.2 Å². The predicted octanol–water partition coefficient (Wildman–Crippen LogP) is 3.96. The number of aromatic nitrogens is 5. The fourth-order valence-electron chi connectivity index (χ4n) is 7.68. The number of hydrogen-bond donors (Lipinski definition) is 4. The lowest BCUT2D eigenvalue weighted by atomic mass is 9.91. The summed E-state index contributed by atoms with van der Waals surface area (Å²) in [5.41, 5.74) is 5.83.